The second-order valence-electron chi connectivity index (χ2n) is 4.66. The second-order valence-corrected chi connectivity index (χ2v) is 4.66. The van der Waals surface area contributed by atoms with E-state index in [9.17, 15) is 18.4 Å². The molecule has 0 aromatic heterocycles. The highest BCUT2D eigenvalue weighted by Gasteiger charge is 2.59. The first-order valence-corrected chi connectivity index (χ1v) is 5.78. The summed E-state index contributed by atoms with van der Waals surface area (Å²) in [7, 11) is 0. The highest BCUT2D eigenvalue weighted by atomic mass is 19.3. The fourth-order valence-corrected chi connectivity index (χ4v) is 1.99. The van der Waals surface area contributed by atoms with Crippen molar-refractivity contribution in [3.05, 3.63) is 0 Å². The average Bonchev–Trinajstić information content (AvgIpc) is 2.50. The summed E-state index contributed by atoms with van der Waals surface area (Å²) in [6, 6.07) is 0. The van der Waals surface area contributed by atoms with Crippen molar-refractivity contribution in [2.45, 2.75) is 44.6 Å². The maximum absolute atomic E-state index is 13.3. The van der Waals surface area contributed by atoms with Crippen LogP contribution >= 0.6 is 0 Å². The molecule has 18 heavy (non-hydrogen) atoms. The van der Waals surface area contributed by atoms with Crippen molar-refractivity contribution < 1.29 is 28.2 Å². The molecule has 104 valence electrons. The number of alkyl halides is 2. The molecular weight excluding hydrogens is 248 g/mol. The van der Waals surface area contributed by atoms with Gasteiger partial charge >= 0.3 is 12.1 Å². The molecule has 1 atom stereocenters. The van der Waals surface area contributed by atoms with Crippen molar-refractivity contribution in [3.63, 3.8) is 0 Å². The summed E-state index contributed by atoms with van der Waals surface area (Å²) in [5, 5.41) is 8.89. The van der Waals surface area contributed by atoms with Crippen LogP contribution in [0, 0.1) is 0 Å². The minimum atomic E-state index is -3.20. The zero-order chi connectivity index (χ0) is 14.0. The van der Waals surface area contributed by atoms with Crippen molar-refractivity contribution in [2.24, 2.45) is 0 Å². The van der Waals surface area contributed by atoms with Crippen LogP contribution in [-0.2, 0) is 9.53 Å². The Hall–Kier alpha value is -1.40. The Kier molecular flexibility index (Phi) is 4.13. The van der Waals surface area contributed by atoms with Gasteiger partial charge in [0.1, 0.15) is 5.54 Å². The van der Waals surface area contributed by atoms with E-state index in [1.807, 2.05) is 6.92 Å². The Morgan fingerprint density at radius 2 is 2.06 bits per heavy atom. The Balaban J connectivity index is 2.81. The number of unbranched alkanes of at least 4 members (excludes halogenated alkanes) is 1. The summed E-state index contributed by atoms with van der Waals surface area (Å²) in [6.07, 6.45) is -0.965. The highest BCUT2D eigenvalue weighted by molar-refractivity contribution is 5.86. The number of carboxylic acid groups (broad SMARTS) is 1. The monoisotopic (exact) mass is 265 g/mol. The Morgan fingerprint density at radius 3 is 2.56 bits per heavy atom. The maximum atomic E-state index is 13.3. The summed E-state index contributed by atoms with van der Waals surface area (Å²) >= 11 is 0. The summed E-state index contributed by atoms with van der Waals surface area (Å²) < 4.78 is 31.4. The highest BCUT2D eigenvalue weighted by Crippen LogP contribution is 2.40. The van der Waals surface area contributed by atoms with Crippen molar-refractivity contribution in [1.29, 1.82) is 0 Å². The molecule has 1 fully saturated rings. The average molecular weight is 265 g/mol. The molecule has 0 bridgehead atoms. The lowest BCUT2D eigenvalue weighted by Gasteiger charge is -2.29. The number of carbonyl (C=O) groups excluding carboxylic acids is 1. The number of carbonyl (C=O) groups is 2. The molecule has 1 N–H and O–H groups in total. The molecule has 1 unspecified atom stereocenters. The van der Waals surface area contributed by atoms with Gasteiger partial charge in [0.25, 0.3) is 5.92 Å². The van der Waals surface area contributed by atoms with Crippen LogP contribution in [0.1, 0.15) is 33.1 Å². The van der Waals surface area contributed by atoms with Gasteiger partial charge in [-0.05, 0) is 13.3 Å². The minimum absolute atomic E-state index is 0.115. The van der Waals surface area contributed by atoms with Gasteiger partial charge in [-0.1, -0.05) is 13.3 Å². The second kappa shape index (κ2) is 5.07. The Bertz CT molecular complexity index is 348. The van der Waals surface area contributed by atoms with Gasteiger partial charge in [-0.2, -0.15) is 0 Å². The smallest absolute Gasteiger partial charge is 0.408 e. The molecule has 0 aromatic rings. The molecule has 0 aromatic carbocycles. The zero-order valence-corrected chi connectivity index (χ0v) is 10.4. The molecule has 0 saturated carbocycles. The van der Waals surface area contributed by atoms with E-state index in [2.05, 4.69) is 0 Å². The summed E-state index contributed by atoms with van der Waals surface area (Å²) in [5.74, 6) is -4.10. The number of hydrogen-bond acceptors (Lipinski definition) is 3. The Morgan fingerprint density at radius 1 is 1.44 bits per heavy atom. The molecule has 1 amide bonds. The third-order valence-corrected chi connectivity index (χ3v) is 2.99. The van der Waals surface area contributed by atoms with Crippen LogP contribution < -0.4 is 0 Å². The molecule has 7 heteroatoms. The lowest BCUT2D eigenvalue weighted by atomic mass is 9.98. The number of halogens is 2. The van der Waals surface area contributed by atoms with E-state index in [-0.39, 0.29) is 6.61 Å². The fourth-order valence-electron chi connectivity index (χ4n) is 1.99. The molecule has 1 aliphatic rings. The quantitative estimate of drug-likeness (QED) is 0.624. The van der Waals surface area contributed by atoms with Crippen molar-refractivity contribution in [3.8, 4) is 0 Å². The number of esters is 1. The zero-order valence-electron chi connectivity index (χ0n) is 10.4. The first-order chi connectivity index (χ1) is 8.23. The number of ether oxygens (including phenoxy) is 1. The van der Waals surface area contributed by atoms with Crippen LogP contribution in [0.3, 0.4) is 0 Å². The molecule has 0 aliphatic carbocycles. The molecule has 0 spiro atoms. The van der Waals surface area contributed by atoms with E-state index in [0.717, 1.165) is 6.42 Å². The van der Waals surface area contributed by atoms with Crippen molar-refractivity contribution >= 4 is 12.1 Å². The van der Waals surface area contributed by atoms with Gasteiger partial charge in [0.05, 0.1) is 13.2 Å². The van der Waals surface area contributed by atoms with E-state index in [1.165, 1.54) is 6.92 Å². The first-order valence-electron chi connectivity index (χ1n) is 5.78. The van der Waals surface area contributed by atoms with Crippen LogP contribution in [0.15, 0.2) is 0 Å². The van der Waals surface area contributed by atoms with Gasteiger partial charge in [-0.3, -0.25) is 4.90 Å². The van der Waals surface area contributed by atoms with Gasteiger partial charge in [-0.25, -0.2) is 18.4 Å². The lowest BCUT2D eigenvalue weighted by Crippen LogP contribution is -2.51. The summed E-state index contributed by atoms with van der Waals surface area (Å²) in [6.45, 7) is 2.21. The number of hydrogen-bond donors (Lipinski definition) is 1. The predicted octanol–water partition coefficient (Wildman–Crippen LogP) is 2.11. The molecule has 1 aliphatic heterocycles. The third kappa shape index (κ3) is 2.88. The van der Waals surface area contributed by atoms with E-state index >= 15 is 0 Å². The topological polar surface area (TPSA) is 66.8 Å². The molecule has 0 radical (unpaired) electrons. The number of likely N-dealkylation sites (tertiary alicyclic amines) is 1. The van der Waals surface area contributed by atoms with Gasteiger partial charge in [0, 0.05) is 6.42 Å². The molecular formula is C11H17F2NO4. The van der Waals surface area contributed by atoms with E-state index in [0.29, 0.717) is 11.3 Å². The third-order valence-electron chi connectivity index (χ3n) is 2.99. The summed E-state index contributed by atoms with van der Waals surface area (Å²) in [5.41, 5.74) is -1.80. The van der Waals surface area contributed by atoms with E-state index < -0.39 is 36.5 Å². The van der Waals surface area contributed by atoms with Gasteiger partial charge in [0.15, 0.2) is 0 Å². The van der Waals surface area contributed by atoms with Crippen LogP contribution in [0.25, 0.3) is 0 Å². The van der Waals surface area contributed by atoms with Crippen LogP contribution in [0.2, 0.25) is 0 Å². The SMILES string of the molecule is CCCCOC(=O)C1(C)CC(F)(F)CN1C(=O)O. The van der Waals surface area contributed by atoms with Crippen LogP contribution in [0.5, 0.6) is 0 Å². The van der Waals surface area contributed by atoms with E-state index in [1.54, 1.807) is 0 Å². The lowest BCUT2D eigenvalue weighted by molar-refractivity contribution is -0.155. The van der Waals surface area contributed by atoms with Gasteiger partial charge in [0.2, 0.25) is 0 Å². The first kappa shape index (κ1) is 14.7. The minimum Gasteiger partial charge on any atom is -0.465 e. The number of nitrogens with zero attached hydrogens (tertiary/aromatic N) is 1. The van der Waals surface area contributed by atoms with Gasteiger partial charge < -0.3 is 9.84 Å². The van der Waals surface area contributed by atoms with E-state index in [4.69, 9.17) is 9.84 Å². The fraction of sp³-hybridized carbons (Fsp3) is 0.818. The molecule has 1 saturated heterocycles. The standard InChI is InChI=1S/C11H17F2NO4/c1-3-4-5-18-8(15)10(2)6-11(12,13)7-14(10)9(16)17/h3-7H2,1-2H3,(H,16,17). The normalized spacial score (nSPS) is 26.1. The summed E-state index contributed by atoms with van der Waals surface area (Å²) in [4.78, 5) is 23.2. The van der Waals surface area contributed by atoms with Crippen LogP contribution in [-0.4, -0.2) is 46.7 Å². The Labute approximate surface area is 104 Å². The largest absolute Gasteiger partial charge is 0.465 e. The molecule has 5 nitrogen and oxygen atoms in total. The molecule has 1 heterocycles. The molecule has 1 rings (SSSR count). The maximum Gasteiger partial charge on any atom is 0.408 e. The van der Waals surface area contributed by atoms with Crippen molar-refractivity contribution in [1.82, 2.24) is 4.90 Å². The van der Waals surface area contributed by atoms with Crippen LogP contribution in [0.4, 0.5) is 13.6 Å². The predicted molar refractivity (Wildman–Crippen MR) is 58.6 cm³/mol. The number of amides is 1. The number of rotatable bonds is 4. The van der Waals surface area contributed by atoms with Gasteiger partial charge in [-0.15, -0.1) is 0 Å². The van der Waals surface area contributed by atoms with Crippen molar-refractivity contribution in [2.75, 3.05) is 13.2 Å².